The summed E-state index contributed by atoms with van der Waals surface area (Å²) in [5, 5.41) is 6.12. The van der Waals surface area contributed by atoms with Crippen LogP contribution in [0.25, 0.3) is 0 Å². The summed E-state index contributed by atoms with van der Waals surface area (Å²) in [6, 6.07) is 3.41. The number of hydrogen-bond acceptors (Lipinski definition) is 9. The molecule has 10 nitrogen and oxygen atoms in total. The van der Waals surface area contributed by atoms with Crippen LogP contribution in [-0.4, -0.2) is 82.9 Å². The average molecular weight is 437 g/mol. The topological polar surface area (TPSA) is 107 Å². The average Bonchev–Trinajstić information content (AvgIpc) is 2.75. The van der Waals surface area contributed by atoms with Crippen LogP contribution in [0, 0.1) is 0 Å². The van der Waals surface area contributed by atoms with Gasteiger partial charge in [0.05, 0.1) is 23.0 Å². The zero-order valence-corrected chi connectivity index (χ0v) is 18.6. The van der Waals surface area contributed by atoms with Crippen molar-refractivity contribution in [3.8, 4) is 0 Å². The highest BCUT2D eigenvalue weighted by Gasteiger charge is 2.44. The Balaban J connectivity index is 1.36. The minimum absolute atomic E-state index is 0.114. The summed E-state index contributed by atoms with van der Waals surface area (Å²) in [4.78, 5) is 45.2. The van der Waals surface area contributed by atoms with Crippen LogP contribution in [0.3, 0.4) is 0 Å². The zero-order chi connectivity index (χ0) is 22.5. The molecule has 0 bridgehead atoms. The van der Waals surface area contributed by atoms with Crippen LogP contribution in [0.5, 0.6) is 0 Å². The van der Waals surface area contributed by atoms with Gasteiger partial charge in [0.25, 0.3) is 0 Å². The number of nitrogens with zero attached hydrogens (tertiary/aromatic N) is 6. The number of carbonyl (C=O) groups excluding carboxylic acids is 2. The zero-order valence-electron chi connectivity index (χ0n) is 18.6. The molecule has 2 saturated heterocycles. The Bertz CT molecular complexity index is 1050. The molecule has 3 aliphatic rings. The van der Waals surface area contributed by atoms with E-state index in [1.807, 2.05) is 37.1 Å². The summed E-state index contributed by atoms with van der Waals surface area (Å²) in [5.74, 6) is 1.21. The molecule has 5 rings (SSSR count). The molecule has 0 spiro atoms. The van der Waals surface area contributed by atoms with Gasteiger partial charge in [-0.3, -0.25) is 9.59 Å². The molecule has 32 heavy (non-hydrogen) atoms. The van der Waals surface area contributed by atoms with Crippen molar-refractivity contribution < 1.29 is 9.59 Å². The Morgan fingerprint density at radius 2 is 1.88 bits per heavy atom. The highest BCUT2D eigenvalue weighted by atomic mass is 16.2. The second kappa shape index (κ2) is 7.70. The predicted octanol–water partition coefficient (Wildman–Crippen LogP) is 1.04. The molecule has 2 fully saturated rings. The lowest BCUT2D eigenvalue weighted by atomic mass is 9.90. The van der Waals surface area contributed by atoms with Crippen LogP contribution in [0.2, 0.25) is 0 Å². The molecule has 0 aromatic carbocycles. The van der Waals surface area contributed by atoms with Crippen molar-refractivity contribution in [1.82, 2.24) is 25.2 Å². The van der Waals surface area contributed by atoms with E-state index in [4.69, 9.17) is 0 Å². The van der Waals surface area contributed by atoms with E-state index < -0.39 is 11.6 Å². The highest BCUT2D eigenvalue weighted by molar-refractivity contribution is 6.07. The maximum Gasteiger partial charge on any atom is 0.243 e. The monoisotopic (exact) mass is 436 g/mol. The summed E-state index contributed by atoms with van der Waals surface area (Å²) in [5.41, 5.74) is 1.13. The van der Waals surface area contributed by atoms with E-state index in [-0.39, 0.29) is 18.1 Å². The molecule has 0 aliphatic carbocycles. The summed E-state index contributed by atoms with van der Waals surface area (Å²) in [6.45, 7) is 8.52. The van der Waals surface area contributed by atoms with Gasteiger partial charge in [-0.05, 0) is 33.0 Å². The number of Topliss-reactive ketones (excluding diaryl/α,β-unsaturated/α-hetero) is 1. The number of carbonyl (C=O) groups is 2. The first-order valence-corrected chi connectivity index (χ1v) is 10.9. The molecule has 10 heteroatoms. The van der Waals surface area contributed by atoms with Gasteiger partial charge in [-0.15, -0.1) is 0 Å². The number of ketones is 1. The number of piperazine rings is 2. The SMILES string of the molecule is CN1CCN(c2ccc(Nc3ncc4c(n3)N3CC(C)(C)NC(=O)C3CC4=O)nc2)CC1. The van der Waals surface area contributed by atoms with Crippen LogP contribution in [-0.2, 0) is 4.79 Å². The Morgan fingerprint density at radius 3 is 2.59 bits per heavy atom. The fourth-order valence-corrected chi connectivity index (χ4v) is 4.52. The molecule has 3 aliphatic heterocycles. The Morgan fingerprint density at radius 1 is 1.09 bits per heavy atom. The van der Waals surface area contributed by atoms with Gasteiger partial charge >= 0.3 is 0 Å². The Hall–Kier alpha value is -3.27. The van der Waals surface area contributed by atoms with Crippen molar-refractivity contribution in [3.05, 3.63) is 30.1 Å². The molecule has 2 aromatic rings. The minimum atomic E-state index is -0.535. The van der Waals surface area contributed by atoms with Crippen molar-refractivity contribution >= 4 is 35.0 Å². The third-order valence-corrected chi connectivity index (χ3v) is 6.28. The molecular formula is C22H28N8O2. The quantitative estimate of drug-likeness (QED) is 0.730. The molecule has 5 heterocycles. The van der Waals surface area contributed by atoms with Gasteiger partial charge in [-0.2, -0.15) is 4.98 Å². The smallest absolute Gasteiger partial charge is 0.243 e. The lowest BCUT2D eigenvalue weighted by Crippen LogP contribution is -2.66. The van der Waals surface area contributed by atoms with Crippen molar-refractivity contribution in [2.75, 3.05) is 54.9 Å². The van der Waals surface area contributed by atoms with Gasteiger partial charge in [-0.25, -0.2) is 9.97 Å². The van der Waals surface area contributed by atoms with Crippen LogP contribution in [0.4, 0.5) is 23.3 Å². The summed E-state index contributed by atoms with van der Waals surface area (Å²) in [7, 11) is 2.13. The normalized spacial score (nSPS) is 22.8. The molecule has 168 valence electrons. The van der Waals surface area contributed by atoms with E-state index >= 15 is 0 Å². The van der Waals surface area contributed by atoms with Crippen LogP contribution < -0.4 is 20.4 Å². The van der Waals surface area contributed by atoms with E-state index in [2.05, 4.69) is 42.4 Å². The Labute approximate surface area is 187 Å². The first-order valence-electron chi connectivity index (χ1n) is 10.9. The van der Waals surface area contributed by atoms with E-state index in [0.717, 1.165) is 31.9 Å². The van der Waals surface area contributed by atoms with Crippen molar-refractivity contribution in [2.24, 2.45) is 0 Å². The predicted molar refractivity (Wildman–Crippen MR) is 122 cm³/mol. The summed E-state index contributed by atoms with van der Waals surface area (Å²) >= 11 is 0. The number of likely N-dealkylation sites (N-methyl/N-ethyl adjacent to an activating group) is 1. The van der Waals surface area contributed by atoms with Gasteiger partial charge in [0.15, 0.2) is 5.78 Å². The fourth-order valence-electron chi connectivity index (χ4n) is 4.52. The number of rotatable bonds is 3. The first kappa shape index (κ1) is 20.6. The van der Waals surface area contributed by atoms with Gasteiger partial charge in [0.2, 0.25) is 11.9 Å². The van der Waals surface area contributed by atoms with E-state index in [1.165, 1.54) is 0 Å². The number of nitrogens with one attached hydrogen (secondary N) is 2. The summed E-state index contributed by atoms with van der Waals surface area (Å²) < 4.78 is 0. The van der Waals surface area contributed by atoms with Crippen molar-refractivity contribution in [1.29, 1.82) is 0 Å². The summed E-state index contributed by atoms with van der Waals surface area (Å²) in [6.07, 6.45) is 3.53. The first-order chi connectivity index (χ1) is 15.3. The molecular weight excluding hydrogens is 408 g/mol. The van der Waals surface area contributed by atoms with E-state index in [0.29, 0.717) is 29.7 Å². The van der Waals surface area contributed by atoms with Gasteiger partial charge in [0.1, 0.15) is 17.7 Å². The molecule has 1 unspecified atom stereocenters. The molecule has 0 radical (unpaired) electrons. The van der Waals surface area contributed by atoms with Gasteiger partial charge in [0, 0.05) is 45.3 Å². The van der Waals surface area contributed by atoms with E-state index in [9.17, 15) is 9.59 Å². The number of aromatic nitrogens is 3. The van der Waals surface area contributed by atoms with Gasteiger partial charge < -0.3 is 25.3 Å². The largest absolute Gasteiger partial charge is 0.368 e. The lowest BCUT2D eigenvalue weighted by Gasteiger charge is -2.46. The third kappa shape index (κ3) is 3.86. The number of pyridine rings is 1. The van der Waals surface area contributed by atoms with Crippen LogP contribution >= 0.6 is 0 Å². The molecule has 2 N–H and O–H groups in total. The number of hydrogen-bond donors (Lipinski definition) is 2. The second-order valence-electron chi connectivity index (χ2n) is 9.39. The van der Waals surface area contributed by atoms with Crippen LogP contribution in [0.1, 0.15) is 30.6 Å². The fraction of sp³-hybridized carbons (Fsp3) is 0.500. The van der Waals surface area contributed by atoms with Crippen molar-refractivity contribution in [3.63, 3.8) is 0 Å². The van der Waals surface area contributed by atoms with Crippen LogP contribution in [0.15, 0.2) is 24.5 Å². The standard InChI is InChI=1S/C22H28N8O2/c1-22(2)13-30-16(20(32)27-22)10-17(31)15-12-24-21(26-19(15)30)25-18-5-4-14(11-23-18)29-8-6-28(3)7-9-29/h4-5,11-12,16H,6-10,13H2,1-3H3,(H,27,32)(H,23,24,25,26). The number of fused-ring (bicyclic) bond motifs is 3. The number of amides is 1. The molecule has 2 aromatic heterocycles. The molecule has 1 atom stereocenters. The Kier molecular flexibility index (Phi) is 4.96. The minimum Gasteiger partial charge on any atom is -0.368 e. The lowest BCUT2D eigenvalue weighted by molar-refractivity contribution is -0.125. The molecule has 1 amide bonds. The van der Waals surface area contributed by atoms with Crippen molar-refractivity contribution in [2.45, 2.75) is 31.8 Å². The highest BCUT2D eigenvalue weighted by Crippen LogP contribution is 2.33. The van der Waals surface area contributed by atoms with E-state index in [1.54, 1.807) is 6.20 Å². The maximum atomic E-state index is 12.6. The third-order valence-electron chi connectivity index (χ3n) is 6.28. The maximum absolute atomic E-state index is 12.6. The molecule has 0 saturated carbocycles. The number of anilines is 4. The van der Waals surface area contributed by atoms with Gasteiger partial charge in [-0.1, -0.05) is 0 Å². The second-order valence-corrected chi connectivity index (χ2v) is 9.39.